The highest BCUT2D eigenvalue weighted by Crippen LogP contribution is 2.01. The van der Waals surface area contributed by atoms with Crippen molar-refractivity contribution in [1.29, 1.82) is 0 Å². The Labute approximate surface area is 82.8 Å². The molecule has 78 valence electrons. The van der Waals surface area contributed by atoms with Crippen LogP contribution in [-0.2, 0) is 4.74 Å². The lowest BCUT2D eigenvalue weighted by atomic mass is 10.2. The molecule has 5 heteroatoms. The Balaban J connectivity index is 2.32. The first-order valence-corrected chi connectivity index (χ1v) is 4.53. The van der Waals surface area contributed by atoms with Gasteiger partial charge in [0.1, 0.15) is 0 Å². The summed E-state index contributed by atoms with van der Waals surface area (Å²) in [6.45, 7) is 3.10. The Hall–Kier alpha value is -1.36. The molecule has 0 atom stereocenters. The summed E-state index contributed by atoms with van der Waals surface area (Å²) in [5, 5.41) is 9.27. The Morgan fingerprint density at radius 2 is 2.50 bits per heavy atom. The number of nitrogens with one attached hydrogen (secondary N) is 2. The van der Waals surface area contributed by atoms with Crippen LogP contribution in [0.2, 0.25) is 0 Å². The molecule has 0 saturated heterocycles. The number of amides is 1. The van der Waals surface area contributed by atoms with Crippen molar-refractivity contribution in [2.75, 3.05) is 20.3 Å². The third-order valence-corrected chi connectivity index (χ3v) is 1.89. The molecule has 0 aromatic carbocycles. The van der Waals surface area contributed by atoms with Crippen LogP contribution in [-0.4, -0.2) is 36.4 Å². The lowest BCUT2D eigenvalue weighted by Crippen LogP contribution is -2.25. The molecule has 1 amide bonds. The Bertz CT molecular complexity index is 296. The number of carbonyl (C=O) groups excluding carboxylic acids is 1. The van der Waals surface area contributed by atoms with Gasteiger partial charge in [0.2, 0.25) is 0 Å². The molecule has 0 bridgehead atoms. The van der Waals surface area contributed by atoms with Crippen LogP contribution in [0.3, 0.4) is 0 Å². The zero-order valence-electron chi connectivity index (χ0n) is 8.46. The van der Waals surface area contributed by atoms with Gasteiger partial charge in [-0.1, -0.05) is 0 Å². The van der Waals surface area contributed by atoms with Crippen LogP contribution >= 0.6 is 0 Å². The minimum absolute atomic E-state index is 0.0904. The molecule has 2 N–H and O–H groups in total. The van der Waals surface area contributed by atoms with Gasteiger partial charge in [0.15, 0.2) is 0 Å². The van der Waals surface area contributed by atoms with Crippen LogP contribution in [0.1, 0.15) is 22.5 Å². The van der Waals surface area contributed by atoms with Crippen LogP contribution in [0.15, 0.2) is 6.20 Å². The molecule has 1 aromatic rings. The van der Waals surface area contributed by atoms with Crippen molar-refractivity contribution in [3.05, 3.63) is 17.5 Å². The zero-order chi connectivity index (χ0) is 10.4. The van der Waals surface area contributed by atoms with Crippen molar-refractivity contribution < 1.29 is 9.53 Å². The highest BCUT2D eigenvalue weighted by atomic mass is 16.5. The molecular formula is C9H15N3O2. The third kappa shape index (κ3) is 2.85. The molecule has 5 nitrogen and oxygen atoms in total. The van der Waals surface area contributed by atoms with Crippen molar-refractivity contribution in [1.82, 2.24) is 15.5 Å². The van der Waals surface area contributed by atoms with E-state index in [0.717, 1.165) is 12.1 Å². The first kappa shape index (κ1) is 10.7. The number of ether oxygens (including phenoxy) is 1. The second-order valence-electron chi connectivity index (χ2n) is 3.01. The van der Waals surface area contributed by atoms with Crippen LogP contribution < -0.4 is 5.32 Å². The molecule has 0 aliphatic heterocycles. The van der Waals surface area contributed by atoms with E-state index < -0.39 is 0 Å². The summed E-state index contributed by atoms with van der Waals surface area (Å²) >= 11 is 0. The van der Waals surface area contributed by atoms with E-state index in [2.05, 4.69) is 15.5 Å². The number of hydrogen-bond donors (Lipinski definition) is 2. The number of H-pyrrole nitrogens is 1. The molecule has 0 spiro atoms. The van der Waals surface area contributed by atoms with Gasteiger partial charge in [-0.05, 0) is 13.3 Å². The first-order valence-electron chi connectivity index (χ1n) is 4.53. The summed E-state index contributed by atoms with van der Waals surface area (Å²) in [6, 6.07) is 0. The Kier molecular flexibility index (Phi) is 4.12. The Morgan fingerprint density at radius 1 is 1.71 bits per heavy atom. The van der Waals surface area contributed by atoms with Crippen molar-refractivity contribution in [2.24, 2.45) is 0 Å². The second kappa shape index (κ2) is 5.39. The maximum Gasteiger partial charge on any atom is 0.254 e. The van der Waals surface area contributed by atoms with Crippen LogP contribution in [0.25, 0.3) is 0 Å². The Morgan fingerprint density at radius 3 is 3.07 bits per heavy atom. The van der Waals surface area contributed by atoms with Crippen molar-refractivity contribution in [3.63, 3.8) is 0 Å². The van der Waals surface area contributed by atoms with Gasteiger partial charge in [-0.25, -0.2) is 0 Å². The van der Waals surface area contributed by atoms with Crippen molar-refractivity contribution in [2.45, 2.75) is 13.3 Å². The van der Waals surface area contributed by atoms with Gasteiger partial charge in [-0.15, -0.1) is 0 Å². The van der Waals surface area contributed by atoms with E-state index in [4.69, 9.17) is 4.74 Å². The lowest BCUT2D eigenvalue weighted by Gasteiger charge is -2.03. The highest BCUT2D eigenvalue weighted by molar-refractivity contribution is 5.94. The fraction of sp³-hybridized carbons (Fsp3) is 0.556. The van der Waals surface area contributed by atoms with Gasteiger partial charge in [0, 0.05) is 26.0 Å². The molecule has 0 aliphatic carbocycles. The number of aromatic nitrogens is 2. The number of aromatic amines is 1. The quantitative estimate of drug-likeness (QED) is 0.675. The number of aryl methyl sites for hydroxylation is 1. The number of rotatable bonds is 5. The second-order valence-corrected chi connectivity index (χ2v) is 3.01. The number of nitrogens with zero attached hydrogens (tertiary/aromatic N) is 1. The van der Waals surface area contributed by atoms with Gasteiger partial charge in [-0.3, -0.25) is 9.89 Å². The maximum absolute atomic E-state index is 11.5. The minimum atomic E-state index is -0.0904. The predicted molar refractivity (Wildman–Crippen MR) is 52.2 cm³/mol. The molecule has 1 heterocycles. The van der Waals surface area contributed by atoms with E-state index in [1.54, 1.807) is 7.11 Å². The van der Waals surface area contributed by atoms with Gasteiger partial charge >= 0.3 is 0 Å². The summed E-state index contributed by atoms with van der Waals surface area (Å²) in [6.07, 6.45) is 2.35. The highest BCUT2D eigenvalue weighted by Gasteiger charge is 2.08. The molecule has 0 saturated carbocycles. The largest absolute Gasteiger partial charge is 0.385 e. The van der Waals surface area contributed by atoms with E-state index in [0.29, 0.717) is 18.7 Å². The molecule has 0 fully saturated rings. The molecule has 1 aromatic heterocycles. The summed E-state index contributed by atoms with van der Waals surface area (Å²) in [5.41, 5.74) is 1.39. The van der Waals surface area contributed by atoms with E-state index in [-0.39, 0.29) is 5.91 Å². The average Bonchev–Trinajstić information content (AvgIpc) is 2.59. The van der Waals surface area contributed by atoms with Crippen molar-refractivity contribution >= 4 is 5.91 Å². The van der Waals surface area contributed by atoms with E-state index >= 15 is 0 Å². The normalized spacial score (nSPS) is 10.1. The minimum Gasteiger partial charge on any atom is -0.385 e. The molecule has 14 heavy (non-hydrogen) atoms. The van der Waals surface area contributed by atoms with Crippen LogP contribution in [0.5, 0.6) is 0 Å². The van der Waals surface area contributed by atoms with Gasteiger partial charge < -0.3 is 10.1 Å². The molecule has 0 aliphatic rings. The summed E-state index contributed by atoms with van der Waals surface area (Å²) < 4.78 is 4.87. The summed E-state index contributed by atoms with van der Waals surface area (Å²) in [4.78, 5) is 11.5. The topological polar surface area (TPSA) is 67.0 Å². The maximum atomic E-state index is 11.5. The monoisotopic (exact) mass is 197 g/mol. The molecule has 0 unspecified atom stereocenters. The molecule has 0 radical (unpaired) electrons. The van der Waals surface area contributed by atoms with Crippen LogP contribution in [0.4, 0.5) is 0 Å². The van der Waals surface area contributed by atoms with E-state index in [1.165, 1.54) is 6.20 Å². The van der Waals surface area contributed by atoms with Gasteiger partial charge in [0.25, 0.3) is 5.91 Å². The smallest absolute Gasteiger partial charge is 0.254 e. The van der Waals surface area contributed by atoms with E-state index in [1.807, 2.05) is 6.92 Å². The first-order chi connectivity index (χ1) is 6.75. The fourth-order valence-corrected chi connectivity index (χ4v) is 1.09. The summed E-state index contributed by atoms with van der Waals surface area (Å²) in [7, 11) is 1.64. The lowest BCUT2D eigenvalue weighted by molar-refractivity contribution is 0.0948. The zero-order valence-corrected chi connectivity index (χ0v) is 8.46. The average molecular weight is 197 g/mol. The standard InChI is InChI=1S/C9H15N3O2/c1-7-8(6-11-12-7)9(13)10-4-3-5-14-2/h6H,3-5H2,1-2H3,(H,10,13)(H,11,12). The third-order valence-electron chi connectivity index (χ3n) is 1.89. The fourth-order valence-electron chi connectivity index (χ4n) is 1.09. The number of carbonyl (C=O) groups is 1. The van der Waals surface area contributed by atoms with Gasteiger partial charge in [-0.2, -0.15) is 5.10 Å². The summed E-state index contributed by atoms with van der Waals surface area (Å²) in [5.74, 6) is -0.0904. The van der Waals surface area contributed by atoms with Crippen molar-refractivity contribution in [3.8, 4) is 0 Å². The molecular weight excluding hydrogens is 182 g/mol. The number of hydrogen-bond acceptors (Lipinski definition) is 3. The number of methoxy groups -OCH3 is 1. The van der Waals surface area contributed by atoms with E-state index in [9.17, 15) is 4.79 Å². The predicted octanol–water partition coefficient (Wildman–Crippen LogP) is 0.484. The molecule has 1 rings (SSSR count). The SMILES string of the molecule is COCCCNC(=O)c1cn[nH]c1C. The van der Waals surface area contributed by atoms with Gasteiger partial charge in [0.05, 0.1) is 11.8 Å². The van der Waals surface area contributed by atoms with Crippen LogP contribution in [0, 0.1) is 6.92 Å².